The second-order valence-corrected chi connectivity index (χ2v) is 5.34. The van der Waals surface area contributed by atoms with E-state index in [4.69, 9.17) is 4.74 Å². The van der Waals surface area contributed by atoms with E-state index in [2.05, 4.69) is 17.1 Å². The minimum absolute atomic E-state index is 0.139. The van der Waals surface area contributed by atoms with Crippen LogP contribution in [0.15, 0.2) is 30.3 Å². The fraction of sp³-hybridized carbons (Fsp3) is 0.562. The van der Waals surface area contributed by atoms with Crippen LogP contribution >= 0.6 is 0 Å². The Bertz CT molecular complexity index is 438. The largest absolute Gasteiger partial charge is 0.391 e. The van der Waals surface area contributed by atoms with E-state index in [-0.39, 0.29) is 12.5 Å². The molecule has 0 spiro atoms. The van der Waals surface area contributed by atoms with E-state index in [1.165, 1.54) is 0 Å². The van der Waals surface area contributed by atoms with E-state index in [1.54, 1.807) is 0 Å². The average molecular weight is 292 g/mol. The predicted molar refractivity (Wildman–Crippen MR) is 81.0 cm³/mol. The SMILES string of the molecule is CCN1CCO[C@H](C(=O)NC[C@@H](O)Cc2ccccc2)C1. The Morgan fingerprint density at radius 3 is 2.95 bits per heavy atom. The summed E-state index contributed by atoms with van der Waals surface area (Å²) in [6.45, 7) is 5.32. The van der Waals surface area contributed by atoms with Crippen molar-refractivity contribution >= 4 is 5.91 Å². The number of amides is 1. The number of morpholine rings is 1. The second kappa shape index (κ2) is 8.12. The molecule has 0 bridgehead atoms. The molecular weight excluding hydrogens is 268 g/mol. The lowest BCUT2D eigenvalue weighted by atomic mass is 10.1. The minimum atomic E-state index is -0.581. The number of rotatable bonds is 6. The first-order valence-corrected chi connectivity index (χ1v) is 7.52. The van der Waals surface area contributed by atoms with Crippen molar-refractivity contribution in [2.45, 2.75) is 25.6 Å². The molecule has 1 aromatic carbocycles. The Kier molecular flexibility index (Phi) is 6.17. The molecule has 5 nitrogen and oxygen atoms in total. The number of carbonyl (C=O) groups is 1. The van der Waals surface area contributed by atoms with Crippen molar-refractivity contribution in [1.29, 1.82) is 0 Å². The van der Waals surface area contributed by atoms with Gasteiger partial charge in [-0.15, -0.1) is 0 Å². The summed E-state index contributed by atoms with van der Waals surface area (Å²) < 4.78 is 5.49. The normalized spacial score (nSPS) is 21.0. The molecule has 21 heavy (non-hydrogen) atoms. The smallest absolute Gasteiger partial charge is 0.250 e. The van der Waals surface area contributed by atoms with Crippen LogP contribution in [0.25, 0.3) is 0 Å². The Hall–Kier alpha value is -1.43. The van der Waals surface area contributed by atoms with Crippen LogP contribution in [0.5, 0.6) is 0 Å². The maximum atomic E-state index is 12.0. The number of benzene rings is 1. The average Bonchev–Trinajstić information content (AvgIpc) is 2.53. The fourth-order valence-electron chi connectivity index (χ4n) is 2.44. The Morgan fingerprint density at radius 1 is 1.48 bits per heavy atom. The van der Waals surface area contributed by atoms with Crippen LogP contribution in [-0.4, -0.2) is 60.9 Å². The Morgan fingerprint density at radius 2 is 2.24 bits per heavy atom. The lowest BCUT2D eigenvalue weighted by Gasteiger charge is -2.31. The molecule has 1 aliphatic heterocycles. The predicted octanol–water partition coefficient (Wildman–Crippen LogP) is 0.427. The van der Waals surface area contributed by atoms with Crippen molar-refractivity contribution in [1.82, 2.24) is 10.2 Å². The monoisotopic (exact) mass is 292 g/mol. The van der Waals surface area contributed by atoms with Crippen LogP contribution in [-0.2, 0) is 16.0 Å². The van der Waals surface area contributed by atoms with E-state index in [9.17, 15) is 9.90 Å². The molecule has 2 N–H and O–H groups in total. The molecule has 1 aliphatic rings. The summed E-state index contributed by atoms with van der Waals surface area (Å²) in [4.78, 5) is 14.2. The molecule has 0 saturated carbocycles. The number of ether oxygens (including phenoxy) is 1. The molecule has 0 aromatic heterocycles. The van der Waals surface area contributed by atoms with Crippen LogP contribution in [0.1, 0.15) is 12.5 Å². The highest BCUT2D eigenvalue weighted by Gasteiger charge is 2.25. The van der Waals surface area contributed by atoms with Gasteiger partial charge in [-0.2, -0.15) is 0 Å². The van der Waals surface area contributed by atoms with Gasteiger partial charge in [-0.1, -0.05) is 37.3 Å². The molecule has 0 radical (unpaired) electrons. The van der Waals surface area contributed by atoms with Gasteiger partial charge in [0.05, 0.1) is 12.7 Å². The molecule has 1 aromatic rings. The van der Waals surface area contributed by atoms with Gasteiger partial charge in [0, 0.05) is 26.1 Å². The third-order valence-electron chi connectivity index (χ3n) is 3.72. The number of nitrogens with one attached hydrogen (secondary N) is 1. The summed E-state index contributed by atoms with van der Waals surface area (Å²) in [5.74, 6) is -0.139. The molecular formula is C16H24N2O3. The number of hydrogen-bond acceptors (Lipinski definition) is 4. The van der Waals surface area contributed by atoms with Crippen molar-refractivity contribution in [3.63, 3.8) is 0 Å². The standard InChI is InChI=1S/C16H24N2O3/c1-2-18-8-9-21-15(12-18)16(20)17-11-14(19)10-13-6-4-3-5-7-13/h3-7,14-15,19H,2,8-12H2,1H3,(H,17,20)/t14-,15-/m0/s1. The van der Waals surface area contributed by atoms with Gasteiger partial charge in [0.25, 0.3) is 5.91 Å². The molecule has 1 heterocycles. The highest BCUT2D eigenvalue weighted by molar-refractivity contribution is 5.81. The van der Waals surface area contributed by atoms with Gasteiger partial charge >= 0.3 is 0 Å². The summed E-state index contributed by atoms with van der Waals surface area (Å²) in [6.07, 6.45) is -0.474. The van der Waals surface area contributed by atoms with E-state index in [0.717, 1.165) is 18.7 Å². The first-order valence-electron chi connectivity index (χ1n) is 7.52. The number of carbonyl (C=O) groups excluding carboxylic acids is 1. The van der Waals surface area contributed by atoms with Gasteiger partial charge in [0.2, 0.25) is 0 Å². The van der Waals surface area contributed by atoms with Crippen molar-refractivity contribution < 1.29 is 14.6 Å². The third kappa shape index (κ3) is 5.12. The van der Waals surface area contributed by atoms with Gasteiger partial charge in [0.15, 0.2) is 0 Å². The fourth-order valence-corrected chi connectivity index (χ4v) is 2.44. The number of likely N-dealkylation sites (N-methyl/N-ethyl adjacent to an activating group) is 1. The lowest BCUT2D eigenvalue weighted by Crippen LogP contribution is -2.50. The highest BCUT2D eigenvalue weighted by Crippen LogP contribution is 2.06. The van der Waals surface area contributed by atoms with Gasteiger partial charge in [-0.05, 0) is 12.1 Å². The van der Waals surface area contributed by atoms with Gasteiger partial charge in [-0.25, -0.2) is 0 Å². The van der Waals surface area contributed by atoms with E-state index in [1.807, 2.05) is 30.3 Å². The van der Waals surface area contributed by atoms with E-state index >= 15 is 0 Å². The summed E-state index contributed by atoms with van der Waals surface area (Å²) in [7, 11) is 0. The molecule has 1 saturated heterocycles. The molecule has 2 rings (SSSR count). The topological polar surface area (TPSA) is 61.8 Å². The van der Waals surface area contributed by atoms with Crippen LogP contribution in [0.3, 0.4) is 0 Å². The van der Waals surface area contributed by atoms with E-state index < -0.39 is 12.2 Å². The first-order chi connectivity index (χ1) is 10.2. The lowest BCUT2D eigenvalue weighted by molar-refractivity contribution is -0.138. The molecule has 0 aliphatic carbocycles. The van der Waals surface area contributed by atoms with Gasteiger partial charge < -0.3 is 15.2 Å². The zero-order valence-corrected chi connectivity index (χ0v) is 12.5. The summed E-state index contributed by atoms with van der Waals surface area (Å²) >= 11 is 0. The molecule has 5 heteroatoms. The zero-order chi connectivity index (χ0) is 15.1. The maximum Gasteiger partial charge on any atom is 0.250 e. The quantitative estimate of drug-likeness (QED) is 0.798. The van der Waals surface area contributed by atoms with E-state index in [0.29, 0.717) is 19.6 Å². The summed E-state index contributed by atoms with van der Waals surface area (Å²) in [5.41, 5.74) is 1.06. The van der Waals surface area contributed by atoms with Crippen LogP contribution in [0.2, 0.25) is 0 Å². The van der Waals surface area contributed by atoms with Crippen molar-refractivity contribution in [3.05, 3.63) is 35.9 Å². The number of aliphatic hydroxyl groups is 1. The van der Waals surface area contributed by atoms with Gasteiger partial charge in [0.1, 0.15) is 6.10 Å². The minimum Gasteiger partial charge on any atom is -0.391 e. The number of nitrogens with zero attached hydrogens (tertiary/aromatic N) is 1. The number of hydrogen-bond donors (Lipinski definition) is 2. The third-order valence-corrected chi connectivity index (χ3v) is 3.72. The Labute approximate surface area is 125 Å². The van der Waals surface area contributed by atoms with Crippen LogP contribution < -0.4 is 5.32 Å². The molecule has 2 atom stereocenters. The van der Waals surface area contributed by atoms with Crippen molar-refractivity contribution in [3.8, 4) is 0 Å². The maximum absolute atomic E-state index is 12.0. The summed E-state index contributed by atoms with van der Waals surface area (Å²) in [5, 5.41) is 12.8. The molecule has 1 amide bonds. The number of aliphatic hydroxyl groups excluding tert-OH is 1. The van der Waals surface area contributed by atoms with Crippen molar-refractivity contribution in [2.75, 3.05) is 32.8 Å². The van der Waals surface area contributed by atoms with Crippen LogP contribution in [0, 0.1) is 0 Å². The van der Waals surface area contributed by atoms with Crippen LogP contribution in [0.4, 0.5) is 0 Å². The highest BCUT2D eigenvalue weighted by atomic mass is 16.5. The van der Waals surface area contributed by atoms with Gasteiger partial charge in [-0.3, -0.25) is 9.69 Å². The molecule has 0 unspecified atom stereocenters. The first kappa shape index (κ1) is 15.9. The summed E-state index contributed by atoms with van der Waals surface area (Å²) in [6, 6.07) is 9.76. The molecule has 1 fully saturated rings. The molecule has 116 valence electrons. The Balaban J connectivity index is 1.73. The zero-order valence-electron chi connectivity index (χ0n) is 12.5. The second-order valence-electron chi connectivity index (χ2n) is 5.34. The van der Waals surface area contributed by atoms with Crippen molar-refractivity contribution in [2.24, 2.45) is 0 Å².